The maximum absolute atomic E-state index is 13.3. The minimum absolute atomic E-state index is 0.0400. The third-order valence-corrected chi connectivity index (χ3v) is 3.37. The summed E-state index contributed by atoms with van der Waals surface area (Å²) in [7, 11) is 0. The molecule has 0 aliphatic rings. The van der Waals surface area contributed by atoms with Gasteiger partial charge in [-0.15, -0.1) is 23.2 Å². The van der Waals surface area contributed by atoms with Crippen molar-refractivity contribution in [1.29, 1.82) is 0 Å². The molecule has 1 aromatic carbocycles. The number of hydrogen-bond donors (Lipinski definition) is 1. The zero-order chi connectivity index (χ0) is 13.1. The van der Waals surface area contributed by atoms with Gasteiger partial charge in [-0.2, -0.15) is 0 Å². The fourth-order valence-corrected chi connectivity index (χ4v) is 1.57. The molecule has 0 spiro atoms. The Hall–Kier alpha value is -0.870. The molecular weight excluding hydrogens is 271 g/mol. The lowest BCUT2D eigenvalue weighted by Gasteiger charge is -2.26. The first kappa shape index (κ1) is 14.2. The second-order valence-corrected chi connectivity index (χ2v) is 4.41. The van der Waals surface area contributed by atoms with Crippen LogP contribution in [0.1, 0.15) is 17.3 Å². The summed E-state index contributed by atoms with van der Waals surface area (Å²) in [6, 6.07) is 3.21. The van der Waals surface area contributed by atoms with Crippen molar-refractivity contribution in [2.75, 3.05) is 11.8 Å². The molecule has 0 saturated heterocycles. The van der Waals surface area contributed by atoms with Crippen LogP contribution in [0, 0.1) is 11.6 Å². The van der Waals surface area contributed by atoms with Crippen LogP contribution in [0.25, 0.3) is 0 Å². The van der Waals surface area contributed by atoms with Gasteiger partial charge in [-0.05, 0) is 19.1 Å². The lowest BCUT2D eigenvalue weighted by atomic mass is 10.1. The predicted molar refractivity (Wildman–Crippen MR) is 63.7 cm³/mol. The molecule has 0 atom stereocenters. The lowest BCUT2D eigenvalue weighted by molar-refractivity contribution is 0.0913. The summed E-state index contributed by atoms with van der Waals surface area (Å²) in [6.45, 7) is 1.59. The van der Waals surface area contributed by atoms with Gasteiger partial charge < -0.3 is 5.32 Å². The van der Waals surface area contributed by atoms with Crippen molar-refractivity contribution >= 4 is 29.1 Å². The first-order valence-corrected chi connectivity index (χ1v) is 5.89. The number of nitrogens with one attached hydrogen (secondary N) is 1. The fourth-order valence-electron chi connectivity index (χ4n) is 1.15. The largest absolute Gasteiger partial charge is 0.344 e. The standard InChI is InChI=1S/C11H11Cl2F2NO/c1-11(5-12,6-13)16-10(17)9-7(14)3-2-4-8(9)15/h2-4H,5-6H2,1H3,(H,16,17). The van der Waals surface area contributed by atoms with Crippen LogP contribution in [0.4, 0.5) is 8.78 Å². The van der Waals surface area contributed by atoms with Gasteiger partial charge in [0.1, 0.15) is 17.2 Å². The fraction of sp³-hybridized carbons (Fsp3) is 0.364. The van der Waals surface area contributed by atoms with Crippen LogP contribution in [-0.2, 0) is 0 Å². The van der Waals surface area contributed by atoms with Crippen LogP contribution >= 0.6 is 23.2 Å². The van der Waals surface area contributed by atoms with Crippen LogP contribution in [0.5, 0.6) is 0 Å². The molecule has 0 bridgehead atoms. The van der Waals surface area contributed by atoms with E-state index in [0.717, 1.165) is 12.1 Å². The molecule has 0 fully saturated rings. The minimum Gasteiger partial charge on any atom is -0.344 e. The molecule has 94 valence electrons. The normalized spacial score (nSPS) is 11.4. The molecule has 6 heteroatoms. The monoisotopic (exact) mass is 281 g/mol. The van der Waals surface area contributed by atoms with Crippen molar-refractivity contribution < 1.29 is 13.6 Å². The Balaban J connectivity index is 2.98. The van der Waals surface area contributed by atoms with E-state index in [1.54, 1.807) is 6.92 Å². The van der Waals surface area contributed by atoms with Gasteiger partial charge in [-0.25, -0.2) is 8.78 Å². The number of rotatable bonds is 4. The Labute approximate surface area is 108 Å². The van der Waals surface area contributed by atoms with E-state index in [2.05, 4.69) is 5.32 Å². The van der Waals surface area contributed by atoms with Crippen molar-refractivity contribution in [2.24, 2.45) is 0 Å². The highest BCUT2D eigenvalue weighted by atomic mass is 35.5. The third kappa shape index (κ3) is 3.30. The average molecular weight is 282 g/mol. The maximum Gasteiger partial charge on any atom is 0.257 e. The zero-order valence-electron chi connectivity index (χ0n) is 9.07. The summed E-state index contributed by atoms with van der Waals surface area (Å²) in [5.74, 6) is -2.64. The number of alkyl halides is 2. The Morgan fingerprint density at radius 2 is 1.76 bits per heavy atom. The molecule has 0 saturated carbocycles. The Morgan fingerprint density at radius 1 is 1.29 bits per heavy atom. The van der Waals surface area contributed by atoms with Crippen molar-refractivity contribution in [1.82, 2.24) is 5.32 Å². The summed E-state index contributed by atoms with van der Waals surface area (Å²) in [5.41, 5.74) is -1.54. The van der Waals surface area contributed by atoms with Crippen molar-refractivity contribution in [3.05, 3.63) is 35.4 Å². The SMILES string of the molecule is CC(CCl)(CCl)NC(=O)c1c(F)cccc1F. The highest BCUT2D eigenvalue weighted by molar-refractivity contribution is 6.22. The molecule has 1 aromatic rings. The molecule has 0 aliphatic carbocycles. The van der Waals surface area contributed by atoms with E-state index >= 15 is 0 Å². The van der Waals surface area contributed by atoms with E-state index < -0.39 is 28.6 Å². The molecule has 2 nitrogen and oxygen atoms in total. The van der Waals surface area contributed by atoms with Gasteiger partial charge in [-0.1, -0.05) is 6.07 Å². The minimum atomic E-state index is -0.922. The van der Waals surface area contributed by atoms with Crippen molar-refractivity contribution in [2.45, 2.75) is 12.5 Å². The van der Waals surface area contributed by atoms with Crippen LogP contribution in [0.3, 0.4) is 0 Å². The summed E-state index contributed by atoms with van der Waals surface area (Å²) < 4.78 is 26.6. The molecule has 0 aliphatic heterocycles. The Kier molecular flexibility index (Phi) is 4.71. The Bertz CT molecular complexity index is 402. The molecule has 1 amide bonds. The van der Waals surface area contributed by atoms with Crippen LogP contribution in [-0.4, -0.2) is 23.2 Å². The molecular formula is C11H11Cl2F2NO. The van der Waals surface area contributed by atoms with E-state index in [1.165, 1.54) is 6.07 Å². The predicted octanol–water partition coefficient (Wildman–Crippen LogP) is 2.93. The molecule has 0 radical (unpaired) electrons. The van der Waals surface area contributed by atoms with Gasteiger partial charge in [0.2, 0.25) is 0 Å². The molecule has 17 heavy (non-hydrogen) atoms. The zero-order valence-corrected chi connectivity index (χ0v) is 10.6. The van der Waals surface area contributed by atoms with Gasteiger partial charge in [0.05, 0.1) is 5.54 Å². The van der Waals surface area contributed by atoms with E-state index in [1.807, 2.05) is 0 Å². The smallest absolute Gasteiger partial charge is 0.257 e. The molecule has 0 heterocycles. The molecule has 1 N–H and O–H groups in total. The quantitative estimate of drug-likeness (QED) is 0.845. The van der Waals surface area contributed by atoms with Gasteiger partial charge >= 0.3 is 0 Å². The molecule has 1 rings (SSSR count). The first-order chi connectivity index (χ1) is 7.93. The topological polar surface area (TPSA) is 29.1 Å². The number of carbonyl (C=O) groups is 1. The number of hydrogen-bond acceptors (Lipinski definition) is 1. The summed E-state index contributed by atoms with van der Waals surface area (Å²) >= 11 is 11.3. The number of benzene rings is 1. The number of carbonyl (C=O) groups excluding carboxylic acids is 1. The average Bonchev–Trinajstić information content (AvgIpc) is 2.28. The van der Waals surface area contributed by atoms with Gasteiger partial charge in [0.15, 0.2) is 0 Å². The lowest BCUT2D eigenvalue weighted by Crippen LogP contribution is -2.49. The van der Waals surface area contributed by atoms with Crippen molar-refractivity contribution in [3.63, 3.8) is 0 Å². The summed E-state index contributed by atoms with van der Waals surface area (Å²) in [5, 5.41) is 2.41. The van der Waals surface area contributed by atoms with Crippen LogP contribution in [0.15, 0.2) is 18.2 Å². The van der Waals surface area contributed by atoms with E-state index in [9.17, 15) is 13.6 Å². The number of halogens is 4. The third-order valence-electron chi connectivity index (χ3n) is 2.20. The highest BCUT2D eigenvalue weighted by Gasteiger charge is 2.27. The maximum atomic E-state index is 13.3. The second-order valence-electron chi connectivity index (χ2n) is 3.88. The molecule has 0 unspecified atom stereocenters. The van der Waals surface area contributed by atoms with E-state index in [-0.39, 0.29) is 11.8 Å². The Morgan fingerprint density at radius 3 is 2.18 bits per heavy atom. The van der Waals surface area contributed by atoms with Crippen LogP contribution in [0.2, 0.25) is 0 Å². The van der Waals surface area contributed by atoms with Crippen molar-refractivity contribution in [3.8, 4) is 0 Å². The number of amides is 1. The second kappa shape index (κ2) is 5.65. The first-order valence-electron chi connectivity index (χ1n) is 4.82. The van der Waals surface area contributed by atoms with Crippen LogP contribution < -0.4 is 5.32 Å². The summed E-state index contributed by atoms with van der Waals surface area (Å²) in [4.78, 5) is 11.7. The van der Waals surface area contributed by atoms with Gasteiger partial charge in [0, 0.05) is 11.8 Å². The summed E-state index contributed by atoms with van der Waals surface area (Å²) in [6.07, 6.45) is 0. The van der Waals surface area contributed by atoms with Gasteiger partial charge in [-0.3, -0.25) is 4.79 Å². The molecule has 0 aromatic heterocycles. The van der Waals surface area contributed by atoms with Gasteiger partial charge in [0.25, 0.3) is 5.91 Å². The highest BCUT2D eigenvalue weighted by Crippen LogP contribution is 2.15. The van der Waals surface area contributed by atoms with E-state index in [0.29, 0.717) is 0 Å². The van der Waals surface area contributed by atoms with E-state index in [4.69, 9.17) is 23.2 Å².